The number of rotatable bonds is 18. The van der Waals surface area contributed by atoms with Crippen molar-refractivity contribution in [3.8, 4) is 0 Å². The Kier molecular flexibility index (Phi) is 27.4. The van der Waals surface area contributed by atoms with Crippen LogP contribution in [-0.4, -0.2) is 126 Å². The van der Waals surface area contributed by atoms with Crippen molar-refractivity contribution < 1.29 is 31.9 Å². The molecule has 0 radical (unpaired) electrons. The normalized spacial score (nSPS) is 16.4. The van der Waals surface area contributed by atoms with Gasteiger partial charge in [0.15, 0.2) is 0 Å². The van der Waals surface area contributed by atoms with Gasteiger partial charge in [0, 0.05) is 148 Å². The Balaban J connectivity index is 0.000000138. The Morgan fingerprint density at radius 1 is 0.360 bits per heavy atom. The lowest BCUT2D eigenvalue weighted by Gasteiger charge is -2.39. The summed E-state index contributed by atoms with van der Waals surface area (Å²) >= 11 is 17.2. The molecule has 3 fully saturated rings. The molecule has 6 aliphatic rings. The first-order valence-corrected chi connectivity index (χ1v) is 45.6. The number of nitrogens with zero attached hydrogens (tertiary/aromatic N) is 9. The number of carbonyl (C=O) groups is 3. The average molecular weight is 1760 g/mol. The summed E-state index contributed by atoms with van der Waals surface area (Å²) in [7, 11) is 0. The van der Waals surface area contributed by atoms with Crippen LogP contribution >= 0.6 is 58.5 Å². The molecule has 3 amide bonds. The molecule has 3 aromatic heterocycles. The molecule has 125 heavy (non-hydrogen) atoms. The number of pyridine rings is 3. The summed E-state index contributed by atoms with van der Waals surface area (Å²) in [5.41, 5.74) is 15.8. The highest BCUT2D eigenvalue weighted by molar-refractivity contribution is 7.99. The van der Waals surface area contributed by atoms with E-state index in [4.69, 9.17) is 23.2 Å². The summed E-state index contributed by atoms with van der Waals surface area (Å²) in [6.45, 7) is 19.9. The number of anilines is 3. The maximum absolute atomic E-state index is 14.3. The van der Waals surface area contributed by atoms with Gasteiger partial charge in [-0.2, -0.15) is 0 Å². The fraction of sp³-hybridized carbons (Fsp3) is 0.250. The minimum Gasteiger partial charge on any atom is -0.307 e. The molecule has 0 aliphatic carbocycles. The van der Waals surface area contributed by atoms with E-state index in [9.17, 15) is 31.9 Å². The van der Waals surface area contributed by atoms with E-state index in [1.807, 2.05) is 96.2 Å². The van der Waals surface area contributed by atoms with Gasteiger partial charge in [0.2, 0.25) is 0 Å². The first-order chi connectivity index (χ1) is 60.4. The summed E-state index contributed by atoms with van der Waals surface area (Å²) < 4.78 is 54.7. The molecule has 0 bridgehead atoms. The van der Waals surface area contributed by atoms with Gasteiger partial charge in [-0.15, -0.1) is 0 Å². The molecule has 18 rings (SSSR count). The van der Waals surface area contributed by atoms with Crippen LogP contribution in [0, 0.1) is 57.9 Å². The lowest BCUT2D eigenvalue weighted by Crippen LogP contribution is -2.46. The maximum atomic E-state index is 14.3. The number of hydrogen-bond acceptors (Lipinski definition) is 12. The van der Waals surface area contributed by atoms with Gasteiger partial charge in [0.05, 0.1) is 0 Å². The lowest BCUT2D eigenvalue weighted by molar-refractivity contribution is 0.0970. The van der Waals surface area contributed by atoms with Crippen LogP contribution in [0.1, 0.15) is 131 Å². The molecule has 0 atom stereocenters. The zero-order valence-corrected chi connectivity index (χ0v) is 74.5. The van der Waals surface area contributed by atoms with Gasteiger partial charge in [-0.1, -0.05) is 167 Å². The Morgan fingerprint density at radius 3 is 1.08 bits per heavy atom. The fourth-order valence-corrected chi connectivity index (χ4v) is 20.9. The zero-order valence-electron chi connectivity index (χ0n) is 70.5. The Labute approximate surface area is 752 Å². The summed E-state index contributed by atoms with van der Waals surface area (Å²) in [6.07, 6.45) is 21.7. The van der Waals surface area contributed by atoms with Crippen molar-refractivity contribution in [2.45, 2.75) is 119 Å². The monoisotopic (exact) mass is 1760 g/mol. The highest BCUT2D eigenvalue weighted by Crippen LogP contribution is 2.53. The third-order valence-electron chi connectivity index (χ3n) is 24.8. The van der Waals surface area contributed by atoms with Gasteiger partial charge < -0.3 is 14.7 Å². The van der Waals surface area contributed by atoms with Crippen LogP contribution in [0.15, 0.2) is 291 Å². The van der Waals surface area contributed by atoms with Crippen molar-refractivity contribution in [2.75, 3.05) is 93.2 Å². The van der Waals surface area contributed by atoms with Crippen molar-refractivity contribution in [3.63, 3.8) is 0 Å². The molecule has 12 nitrogen and oxygen atoms in total. The lowest BCUT2D eigenvalue weighted by atomic mass is 9.74. The summed E-state index contributed by atoms with van der Waals surface area (Å²) in [6, 6.07) is 71.7. The van der Waals surface area contributed by atoms with Gasteiger partial charge in [-0.05, 0) is 316 Å². The number of aromatic nitrogens is 3. The predicted octanol–water partition coefficient (Wildman–Crippen LogP) is 24.2. The number of amides is 3. The first-order valence-electron chi connectivity index (χ1n) is 42.4. The minimum absolute atomic E-state index is 0.0241. The molecular weight excluding hydrogens is 1670 g/mol. The largest absolute Gasteiger partial charge is 0.307 e. The van der Waals surface area contributed by atoms with Crippen molar-refractivity contribution in [2.24, 2.45) is 0 Å². The Hall–Kier alpha value is -10.7. The van der Waals surface area contributed by atoms with E-state index < -0.39 is 0 Å². The molecule has 0 saturated carbocycles. The van der Waals surface area contributed by atoms with Crippen LogP contribution in [0.4, 0.5) is 34.6 Å². The van der Waals surface area contributed by atoms with Gasteiger partial charge in [-0.3, -0.25) is 34.1 Å². The van der Waals surface area contributed by atoms with Gasteiger partial charge in [0.1, 0.15) is 33.6 Å². The second-order valence-electron chi connectivity index (χ2n) is 33.5. The summed E-state index contributed by atoms with van der Waals surface area (Å²) in [5.74, 6) is -1.07. The van der Waals surface area contributed by atoms with Crippen molar-refractivity contribution >= 4 is 111 Å². The molecule has 21 heteroatoms. The fourth-order valence-electron chi connectivity index (χ4n) is 17.9. The van der Waals surface area contributed by atoms with E-state index in [2.05, 4.69) is 159 Å². The number of aryl methyl sites for hydroxylation is 5. The predicted molar refractivity (Wildman–Crippen MR) is 501 cm³/mol. The number of carbonyl (C=O) groups excluding carboxylic acids is 3. The third kappa shape index (κ3) is 21.0. The number of fused-ring (bicyclic) bond motifs is 6. The molecule has 3 saturated heterocycles. The SMILES string of the molecule is Cc1ccc(/C=C/CN2CCC3(CC2)CN(C(=O)c2cc(C)nc(Cl)c2)c2ccc(Sc4ccc(F)cc4)cc23)cc1.Cc1ccc(/C=C/CN2CCC3(CC2)CN(C(=O)c2ccnc(C)c2)c2ccc(Sc4ccc(F)cc4)cc23)cc1.Cc1ccc(/C=C/CN2CCC3(CC2)CN(C(=O)c2ccnc(Cl)c2)c2ccc(Sc4ccc(F)cc4)cc23)c(F)c1. The molecule has 636 valence electrons. The van der Waals surface area contributed by atoms with E-state index >= 15 is 0 Å². The summed E-state index contributed by atoms with van der Waals surface area (Å²) in [5, 5.41) is 0.610. The van der Waals surface area contributed by atoms with Crippen molar-refractivity contribution in [3.05, 3.63) is 373 Å². The number of halogens is 6. The van der Waals surface area contributed by atoms with Gasteiger partial charge >= 0.3 is 0 Å². The molecule has 9 heterocycles. The molecule has 12 aromatic rings. The number of benzene rings is 9. The maximum Gasteiger partial charge on any atom is 0.258 e. The Morgan fingerprint density at radius 2 is 0.704 bits per heavy atom. The van der Waals surface area contributed by atoms with Crippen LogP contribution in [0.5, 0.6) is 0 Å². The first kappa shape index (κ1) is 87.8. The smallest absolute Gasteiger partial charge is 0.258 e. The molecule has 9 aromatic carbocycles. The van der Waals surface area contributed by atoms with Crippen LogP contribution in [0.2, 0.25) is 10.3 Å². The van der Waals surface area contributed by atoms with E-state index in [1.165, 1.54) is 75.3 Å². The highest BCUT2D eigenvalue weighted by atomic mass is 35.5. The standard InChI is InChI=1S/C35H33ClFN3OS.C35H34FN3OS.C34H30ClF2N3OS/c1-24-5-7-26(8-6-24)4-3-17-39-18-15-35(16-19-39)23-40(34(41)27-20-25(2)38-33(36)21-27)32-14-13-30(22-31(32)35)42-29-11-9-28(37)10-12-29;1-25-5-7-27(8-6-25)4-3-19-38-20-16-35(17-21-38)24-39(34(40)28-15-18-37-26(2)22-28)33-14-13-31(23-32(33)35)41-30-11-9-29(36)10-12-30;1-23-4-5-24(30(37)19-23)3-2-16-39-17-13-34(14-18-39)22-40(33(41)25-12-15-38-32(35)20-25)31-11-10-28(21-29(31)34)42-27-8-6-26(36)7-9-27/h3-14,20-22H,15-19,23H2,1-2H3;3-15,18,22-23H,16-17,19-21,24H2,1-2H3;2-12,15,19-21H,13-14,16-18,22H2,1H3/b2*4-3+;3-2+. The number of piperidine rings is 3. The minimum atomic E-state index is -0.261. The molecule has 6 aliphatic heterocycles. The second kappa shape index (κ2) is 39.0. The van der Waals surface area contributed by atoms with Crippen LogP contribution in [0.25, 0.3) is 18.2 Å². The quantitative estimate of drug-likeness (QED) is 0.0603. The molecular formula is C104H97Cl2F4N9O3S3. The van der Waals surface area contributed by atoms with Crippen LogP contribution < -0.4 is 14.7 Å². The van der Waals surface area contributed by atoms with E-state index in [0.717, 1.165) is 161 Å². The van der Waals surface area contributed by atoms with Gasteiger partial charge in [-0.25, -0.2) is 27.5 Å². The molecule has 3 spiro atoms. The van der Waals surface area contributed by atoms with Crippen LogP contribution in [-0.2, 0) is 16.2 Å². The van der Waals surface area contributed by atoms with Crippen molar-refractivity contribution in [1.29, 1.82) is 0 Å². The van der Waals surface area contributed by atoms with E-state index in [0.29, 0.717) is 47.0 Å². The third-order valence-corrected chi connectivity index (χ3v) is 28.2. The average Bonchev–Trinajstić information content (AvgIpc) is 1.60. The number of likely N-dealkylation sites (tertiary alicyclic amines) is 3. The zero-order chi connectivity index (χ0) is 86.9. The second-order valence-corrected chi connectivity index (χ2v) is 37.8. The molecule has 0 N–H and O–H groups in total. The van der Waals surface area contributed by atoms with Crippen LogP contribution in [0.3, 0.4) is 0 Å². The van der Waals surface area contributed by atoms with E-state index in [1.54, 1.807) is 102 Å². The van der Waals surface area contributed by atoms with Crippen molar-refractivity contribution in [1.82, 2.24) is 29.7 Å². The van der Waals surface area contributed by atoms with E-state index in [-0.39, 0.29) is 62.4 Å². The number of hydrogen-bond donors (Lipinski definition) is 0. The molecule has 0 unspecified atom stereocenters. The highest BCUT2D eigenvalue weighted by Gasteiger charge is 2.50. The Bertz CT molecular complexity index is 6000. The topological polar surface area (TPSA) is 109 Å². The van der Waals surface area contributed by atoms with Gasteiger partial charge in [0.25, 0.3) is 17.7 Å². The summed E-state index contributed by atoms with van der Waals surface area (Å²) in [4.78, 5) is 73.3.